The number of thiophene rings is 1. The summed E-state index contributed by atoms with van der Waals surface area (Å²) in [5, 5.41) is 23.5. The van der Waals surface area contributed by atoms with E-state index in [0.29, 0.717) is 17.6 Å². The predicted octanol–water partition coefficient (Wildman–Crippen LogP) is 30.6. The molecule has 128 heavy (non-hydrogen) atoms. The standard InChI is InChI=1S/C58H33N5O.C58H33N5S/c2*1-3-15-34(16-4-1)35-27-29-39-44-33-50-52(53-41-21-9-12-24-46(41)62(56(44)53)49(39)32-35)40-20-8-13-25-47(40)63(50)58-59-55(54-42-22-10-14-26-51(42)64-57(54)60-58)36-28-30-48-43(31-36)38-19-7-11-23-45(38)61(48)37-17-5-2-6-18-37/h2*1-33H. The molecule has 0 bridgehead atoms. The second kappa shape index (κ2) is 26.3. The highest BCUT2D eigenvalue weighted by molar-refractivity contribution is 7.25. The van der Waals surface area contributed by atoms with Crippen molar-refractivity contribution in [3.05, 3.63) is 400 Å². The molecule has 0 atom stereocenters. The molecular weight excluding hydrogens is 1580 g/mol. The Morgan fingerprint density at radius 3 is 1.06 bits per heavy atom. The Labute approximate surface area is 731 Å². The van der Waals surface area contributed by atoms with Gasteiger partial charge < -0.3 is 22.4 Å². The third-order valence-electron chi connectivity index (χ3n) is 27.2. The first-order valence-electron chi connectivity index (χ1n) is 43.5. The van der Waals surface area contributed by atoms with Crippen LogP contribution in [0.5, 0.6) is 0 Å². The summed E-state index contributed by atoms with van der Waals surface area (Å²) >= 11 is 1.74. The fourth-order valence-electron chi connectivity index (χ4n) is 21.9. The number of hydrogen-bond donors (Lipinski definition) is 0. The van der Waals surface area contributed by atoms with Crippen LogP contribution in [0.3, 0.4) is 0 Å². The Kier molecular flexibility index (Phi) is 14.2. The number of para-hydroxylation sites is 9. The molecule has 0 fully saturated rings. The maximum atomic E-state index is 6.69. The molecule has 30 aromatic rings. The Morgan fingerprint density at radius 2 is 0.570 bits per heavy atom. The van der Waals surface area contributed by atoms with Gasteiger partial charge in [0.25, 0.3) is 0 Å². The van der Waals surface area contributed by atoms with Crippen LogP contribution in [0.15, 0.2) is 405 Å². The SMILES string of the molecule is c1ccc(-c2ccc3c4cc5c(c6ccccc6n5-c5nc(-c6ccc7c(c6)c6ccccc6n7-c6ccccc6)c6c(n5)oc5ccccc56)c5c6ccccc6n(c3c2)c45)cc1.c1ccc(-c2ccc3c4cc5c(c6ccccc6n5-c5nc(-c6ccc7c(c6)c6ccccc6n7-c6ccccc6)c6c(n5)sc5ccccc56)c5c6ccccc6n(c3c2)c45)cc1. The van der Waals surface area contributed by atoms with E-state index >= 15 is 0 Å². The second-order valence-electron chi connectivity index (χ2n) is 33.8. The van der Waals surface area contributed by atoms with Crippen LogP contribution in [-0.4, -0.2) is 47.0 Å². The molecule has 0 saturated heterocycles. The van der Waals surface area contributed by atoms with E-state index in [0.717, 1.165) is 110 Å². The summed E-state index contributed by atoms with van der Waals surface area (Å²) < 4.78 is 22.2. The molecule has 12 heteroatoms. The Morgan fingerprint density at radius 1 is 0.203 bits per heavy atom. The molecule has 30 rings (SSSR count). The molecule has 0 aliphatic carbocycles. The summed E-state index contributed by atoms with van der Waals surface area (Å²) in [5.41, 5.74) is 28.4. The zero-order chi connectivity index (χ0) is 83.2. The van der Waals surface area contributed by atoms with Gasteiger partial charge in [0.2, 0.25) is 17.6 Å². The average Bonchev–Trinajstić information content (AvgIpc) is 1.51. The molecular formula is C116H66N10OS. The Bertz CT molecular complexity index is 9410. The van der Waals surface area contributed by atoms with E-state index in [1.807, 2.05) is 12.1 Å². The van der Waals surface area contributed by atoms with Crippen LogP contribution >= 0.6 is 11.3 Å². The first kappa shape index (κ1) is 69.5. The third-order valence-corrected chi connectivity index (χ3v) is 28.3. The summed E-state index contributed by atoms with van der Waals surface area (Å²) in [4.78, 5) is 23.3. The van der Waals surface area contributed by atoms with Crippen LogP contribution in [0.4, 0.5) is 0 Å². The highest BCUT2D eigenvalue weighted by Crippen LogP contribution is 2.52. The van der Waals surface area contributed by atoms with Crippen LogP contribution < -0.4 is 0 Å². The summed E-state index contributed by atoms with van der Waals surface area (Å²) in [6.07, 6.45) is 0. The first-order chi connectivity index (χ1) is 63.5. The number of furan rings is 1. The van der Waals surface area contributed by atoms with Crippen molar-refractivity contribution < 1.29 is 4.42 Å². The minimum atomic E-state index is 0.556. The molecule has 0 amide bonds. The van der Waals surface area contributed by atoms with Gasteiger partial charge in [-0.05, 0) is 144 Å². The molecule has 0 aliphatic rings. The fourth-order valence-corrected chi connectivity index (χ4v) is 22.9. The minimum absolute atomic E-state index is 0.556. The van der Waals surface area contributed by atoms with Crippen molar-refractivity contribution in [1.29, 1.82) is 0 Å². The van der Waals surface area contributed by atoms with E-state index in [9.17, 15) is 0 Å². The molecule has 12 aromatic heterocycles. The summed E-state index contributed by atoms with van der Waals surface area (Å²) in [6, 6.07) is 144. The van der Waals surface area contributed by atoms with Crippen molar-refractivity contribution in [2.24, 2.45) is 0 Å². The fraction of sp³-hybridized carbons (Fsp3) is 0. The van der Waals surface area contributed by atoms with Gasteiger partial charge in [-0.3, -0.25) is 9.13 Å². The van der Waals surface area contributed by atoms with Crippen molar-refractivity contribution in [3.63, 3.8) is 0 Å². The quantitative estimate of drug-likeness (QED) is 0.151. The topological polar surface area (TPSA) is 93.2 Å². The van der Waals surface area contributed by atoms with Gasteiger partial charge in [-0.25, -0.2) is 15.0 Å². The lowest BCUT2D eigenvalue weighted by Crippen LogP contribution is -2.03. The van der Waals surface area contributed by atoms with Crippen molar-refractivity contribution in [1.82, 2.24) is 47.0 Å². The predicted molar refractivity (Wildman–Crippen MR) is 533 cm³/mol. The molecule has 0 spiro atoms. The monoisotopic (exact) mass is 1650 g/mol. The lowest BCUT2D eigenvalue weighted by atomic mass is 10.0. The van der Waals surface area contributed by atoms with Gasteiger partial charge in [-0.1, -0.05) is 279 Å². The normalized spacial score (nSPS) is 12.4. The van der Waals surface area contributed by atoms with Crippen LogP contribution in [0.25, 0.3) is 274 Å². The Hall–Kier alpha value is -17.1. The van der Waals surface area contributed by atoms with Crippen molar-refractivity contribution in [2.75, 3.05) is 0 Å². The van der Waals surface area contributed by atoms with Crippen molar-refractivity contribution >= 4 is 217 Å². The van der Waals surface area contributed by atoms with E-state index in [1.165, 1.54) is 146 Å². The molecule has 18 aromatic carbocycles. The second-order valence-corrected chi connectivity index (χ2v) is 34.9. The maximum absolute atomic E-state index is 6.69. The van der Waals surface area contributed by atoms with Gasteiger partial charge in [-0.2, -0.15) is 4.98 Å². The largest absolute Gasteiger partial charge is 0.437 e. The zero-order valence-corrected chi connectivity index (χ0v) is 69.2. The molecule has 0 N–H and O–H groups in total. The van der Waals surface area contributed by atoms with Gasteiger partial charge in [0.05, 0.1) is 94.0 Å². The van der Waals surface area contributed by atoms with Gasteiger partial charge in [0, 0.05) is 130 Å². The van der Waals surface area contributed by atoms with E-state index in [4.69, 9.17) is 24.4 Å². The number of hydrogen-bond acceptors (Lipinski definition) is 6. The maximum Gasteiger partial charge on any atom is 0.238 e. The Balaban J connectivity index is 0.000000127. The lowest BCUT2D eigenvalue weighted by Gasteiger charge is -2.11. The number of rotatable bonds is 8. The highest BCUT2D eigenvalue weighted by Gasteiger charge is 2.31. The number of nitrogens with zero attached hydrogens (tertiary/aromatic N) is 10. The van der Waals surface area contributed by atoms with E-state index in [-0.39, 0.29) is 0 Å². The summed E-state index contributed by atoms with van der Waals surface area (Å²) in [6.45, 7) is 0. The van der Waals surface area contributed by atoms with Crippen molar-refractivity contribution in [3.8, 4) is 68.0 Å². The van der Waals surface area contributed by atoms with Crippen LogP contribution in [-0.2, 0) is 0 Å². The van der Waals surface area contributed by atoms with E-state index < -0.39 is 0 Å². The summed E-state index contributed by atoms with van der Waals surface area (Å²) in [7, 11) is 0. The van der Waals surface area contributed by atoms with Crippen molar-refractivity contribution in [2.45, 2.75) is 0 Å². The van der Waals surface area contributed by atoms with Gasteiger partial charge in [0.1, 0.15) is 10.4 Å². The van der Waals surface area contributed by atoms with Gasteiger partial charge in [-0.15, -0.1) is 11.3 Å². The smallest absolute Gasteiger partial charge is 0.238 e. The molecule has 11 nitrogen and oxygen atoms in total. The molecule has 592 valence electrons. The van der Waals surface area contributed by atoms with Crippen LogP contribution in [0.1, 0.15) is 0 Å². The molecule has 0 saturated carbocycles. The zero-order valence-electron chi connectivity index (χ0n) is 68.4. The molecule has 0 radical (unpaired) electrons. The van der Waals surface area contributed by atoms with Gasteiger partial charge >= 0.3 is 0 Å². The first-order valence-corrected chi connectivity index (χ1v) is 44.3. The average molecular weight is 1650 g/mol. The molecule has 0 unspecified atom stereocenters. The number of aromatic nitrogens is 10. The van der Waals surface area contributed by atoms with Crippen LogP contribution in [0, 0.1) is 0 Å². The van der Waals surface area contributed by atoms with E-state index in [1.54, 1.807) is 11.3 Å². The van der Waals surface area contributed by atoms with E-state index in [2.05, 4.69) is 415 Å². The third kappa shape index (κ3) is 9.64. The molecule has 12 heterocycles. The lowest BCUT2D eigenvalue weighted by molar-refractivity contribution is 0.651. The highest BCUT2D eigenvalue weighted by atomic mass is 32.1. The summed E-state index contributed by atoms with van der Waals surface area (Å²) in [5.74, 6) is 1.23. The molecule has 0 aliphatic heterocycles. The minimum Gasteiger partial charge on any atom is -0.437 e. The van der Waals surface area contributed by atoms with Gasteiger partial charge in [0.15, 0.2) is 0 Å². The number of benzene rings is 18. The number of fused-ring (bicyclic) bond motifs is 32. The van der Waals surface area contributed by atoms with Crippen LogP contribution in [0.2, 0.25) is 0 Å².